The number of ether oxygens (including phenoxy) is 1. The van der Waals surface area contributed by atoms with Gasteiger partial charge in [0.25, 0.3) is 0 Å². The molecule has 8 heteroatoms. The summed E-state index contributed by atoms with van der Waals surface area (Å²) in [5, 5.41) is 17.4. The Morgan fingerprint density at radius 1 is 1.15 bits per heavy atom. The Balaban J connectivity index is 1.38. The minimum absolute atomic E-state index is 0.0165. The Morgan fingerprint density at radius 2 is 2.06 bits per heavy atom. The molecule has 0 unspecified atom stereocenters. The number of aromatic nitrogens is 5. The highest BCUT2D eigenvalue weighted by Crippen LogP contribution is 2.48. The summed E-state index contributed by atoms with van der Waals surface area (Å²) in [5.41, 5.74) is 5.69. The number of aryl methyl sites for hydroxylation is 1. The lowest BCUT2D eigenvalue weighted by Gasteiger charge is -2.12. The van der Waals surface area contributed by atoms with E-state index >= 15 is 0 Å². The zero-order valence-electron chi connectivity index (χ0n) is 18.4. The maximum absolute atomic E-state index is 12.9. The highest BCUT2D eigenvalue weighted by Gasteiger charge is 2.43. The summed E-state index contributed by atoms with van der Waals surface area (Å²) < 4.78 is 5.44. The van der Waals surface area contributed by atoms with Crippen molar-refractivity contribution in [2.24, 2.45) is 5.92 Å². The summed E-state index contributed by atoms with van der Waals surface area (Å²) in [6, 6.07) is 17.9. The van der Waals surface area contributed by atoms with E-state index in [1.807, 2.05) is 43.3 Å². The van der Waals surface area contributed by atoms with E-state index in [9.17, 15) is 4.79 Å². The standard InChI is InChI=1S/C25H24N6O2/c1-3-33-23-10-7-17(14-26-23)19-9-8-18(12-21(19)24-28-30-31-29-24)27-25(32)22-13-20(22)16-6-4-5-15(2)11-16/h4-12,14,20,22H,3,13H2,1-2H3,(H,27,32)(H,28,29,30,31)/t20-,22+/m0/s1. The van der Waals surface area contributed by atoms with Crippen molar-refractivity contribution in [1.82, 2.24) is 25.6 Å². The average molecular weight is 441 g/mol. The monoisotopic (exact) mass is 440 g/mol. The molecule has 0 aliphatic heterocycles. The number of nitrogens with zero attached hydrogens (tertiary/aromatic N) is 4. The predicted molar refractivity (Wildman–Crippen MR) is 125 cm³/mol. The van der Waals surface area contributed by atoms with Crippen LogP contribution in [0.1, 0.15) is 30.4 Å². The summed E-state index contributed by atoms with van der Waals surface area (Å²) in [5.74, 6) is 1.37. The molecule has 1 aliphatic carbocycles. The molecule has 166 valence electrons. The molecule has 2 aromatic carbocycles. The van der Waals surface area contributed by atoms with Gasteiger partial charge < -0.3 is 10.1 Å². The van der Waals surface area contributed by atoms with Crippen molar-refractivity contribution >= 4 is 11.6 Å². The number of hydrogen-bond acceptors (Lipinski definition) is 6. The van der Waals surface area contributed by atoms with Gasteiger partial charge in [-0.05, 0) is 65.9 Å². The molecule has 4 aromatic rings. The molecule has 2 atom stereocenters. The summed E-state index contributed by atoms with van der Waals surface area (Å²) in [4.78, 5) is 17.3. The SMILES string of the molecule is CCOc1ccc(-c2ccc(NC(=O)[C@@H]3C[C@H]3c3cccc(C)c3)cc2-c2nnn[nH]2)cn1. The Hall–Kier alpha value is -4.07. The highest BCUT2D eigenvalue weighted by molar-refractivity contribution is 5.96. The third kappa shape index (κ3) is 4.45. The number of carbonyl (C=O) groups is 1. The van der Waals surface area contributed by atoms with Crippen LogP contribution in [0, 0.1) is 12.8 Å². The molecule has 0 bridgehead atoms. The third-order valence-corrected chi connectivity index (χ3v) is 5.82. The first-order valence-corrected chi connectivity index (χ1v) is 11.0. The third-order valence-electron chi connectivity index (χ3n) is 5.82. The maximum Gasteiger partial charge on any atom is 0.228 e. The van der Waals surface area contributed by atoms with E-state index in [1.165, 1.54) is 11.1 Å². The molecule has 8 nitrogen and oxygen atoms in total. The van der Waals surface area contributed by atoms with E-state index in [4.69, 9.17) is 4.74 Å². The van der Waals surface area contributed by atoms with Crippen LogP contribution in [0.25, 0.3) is 22.5 Å². The normalized spacial score (nSPS) is 16.9. The number of pyridine rings is 1. The number of H-pyrrole nitrogens is 1. The molecule has 5 rings (SSSR count). The van der Waals surface area contributed by atoms with Gasteiger partial charge in [-0.1, -0.05) is 35.9 Å². The second-order valence-electron chi connectivity index (χ2n) is 8.18. The number of anilines is 1. The number of carbonyl (C=O) groups excluding carboxylic acids is 1. The van der Waals surface area contributed by atoms with Crippen LogP contribution in [0.15, 0.2) is 60.8 Å². The molecule has 0 saturated heterocycles. The molecule has 1 aliphatic rings. The van der Waals surface area contributed by atoms with Crippen LogP contribution in [-0.4, -0.2) is 38.1 Å². The maximum atomic E-state index is 12.9. The van der Waals surface area contributed by atoms with E-state index in [0.717, 1.165) is 23.1 Å². The molecular weight excluding hydrogens is 416 g/mol. The van der Waals surface area contributed by atoms with Crippen LogP contribution in [0.4, 0.5) is 5.69 Å². The quantitative estimate of drug-likeness (QED) is 0.442. The topological polar surface area (TPSA) is 106 Å². The van der Waals surface area contributed by atoms with Gasteiger partial charge in [-0.15, -0.1) is 5.10 Å². The van der Waals surface area contributed by atoms with Gasteiger partial charge in [0.15, 0.2) is 5.82 Å². The van der Waals surface area contributed by atoms with Crippen LogP contribution in [0.5, 0.6) is 5.88 Å². The van der Waals surface area contributed by atoms with Crippen molar-refractivity contribution in [3.8, 4) is 28.4 Å². The molecule has 33 heavy (non-hydrogen) atoms. The molecule has 1 amide bonds. The summed E-state index contributed by atoms with van der Waals surface area (Å²) in [7, 11) is 0. The van der Waals surface area contributed by atoms with Crippen molar-refractivity contribution in [3.05, 3.63) is 71.9 Å². The Bertz CT molecular complexity index is 1270. The van der Waals surface area contributed by atoms with Gasteiger partial charge >= 0.3 is 0 Å². The second-order valence-corrected chi connectivity index (χ2v) is 8.18. The molecule has 0 spiro atoms. The Kier molecular flexibility index (Phi) is 5.56. The van der Waals surface area contributed by atoms with Crippen LogP contribution in [0.3, 0.4) is 0 Å². The van der Waals surface area contributed by atoms with Gasteiger partial charge in [0.1, 0.15) is 0 Å². The van der Waals surface area contributed by atoms with Crippen LogP contribution < -0.4 is 10.1 Å². The molecule has 1 fully saturated rings. The minimum Gasteiger partial charge on any atom is -0.478 e. The lowest BCUT2D eigenvalue weighted by molar-refractivity contribution is -0.117. The predicted octanol–water partition coefficient (Wildman–Crippen LogP) is 4.38. The Labute approximate surface area is 191 Å². The van der Waals surface area contributed by atoms with E-state index < -0.39 is 0 Å². The number of hydrogen-bond donors (Lipinski definition) is 2. The first-order valence-electron chi connectivity index (χ1n) is 11.0. The zero-order chi connectivity index (χ0) is 22.8. The smallest absolute Gasteiger partial charge is 0.228 e. The van der Waals surface area contributed by atoms with E-state index in [2.05, 4.69) is 56.0 Å². The minimum atomic E-state index is -0.0165. The van der Waals surface area contributed by atoms with Crippen molar-refractivity contribution in [3.63, 3.8) is 0 Å². The zero-order valence-corrected chi connectivity index (χ0v) is 18.4. The second kappa shape index (κ2) is 8.82. The summed E-state index contributed by atoms with van der Waals surface area (Å²) >= 11 is 0. The largest absolute Gasteiger partial charge is 0.478 e. The van der Waals surface area contributed by atoms with Crippen molar-refractivity contribution < 1.29 is 9.53 Å². The molecular formula is C25H24N6O2. The fourth-order valence-corrected chi connectivity index (χ4v) is 4.10. The van der Waals surface area contributed by atoms with Gasteiger partial charge in [0, 0.05) is 35.0 Å². The van der Waals surface area contributed by atoms with Gasteiger partial charge in [-0.2, -0.15) is 0 Å². The fraction of sp³-hybridized carbons (Fsp3) is 0.240. The van der Waals surface area contributed by atoms with Gasteiger partial charge in [0.05, 0.1) is 6.61 Å². The lowest BCUT2D eigenvalue weighted by Crippen LogP contribution is -2.14. The summed E-state index contributed by atoms with van der Waals surface area (Å²) in [6.45, 7) is 4.55. The average Bonchev–Trinajstić information content (AvgIpc) is 3.45. The van der Waals surface area contributed by atoms with Crippen LogP contribution in [0.2, 0.25) is 0 Å². The van der Waals surface area contributed by atoms with Crippen molar-refractivity contribution in [1.29, 1.82) is 0 Å². The molecule has 2 heterocycles. The summed E-state index contributed by atoms with van der Waals surface area (Å²) in [6.07, 6.45) is 2.62. The molecule has 0 radical (unpaired) electrons. The molecule has 2 aromatic heterocycles. The number of aromatic amines is 1. The number of amides is 1. The Morgan fingerprint density at radius 3 is 2.79 bits per heavy atom. The van der Waals surface area contributed by atoms with Crippen LogP contribution >= 0.6 is 0 Å². The lowest BCUT2D eigenvalue weighted by atomic mass is 9.99. The van der Waals surface area contributed by atoms with Gasteiger partial charge in [-0.25, -0.2) is 10.1 Å². The van der Waals surface area contributed by atoms with Crippen LogP contribution in [-0.2, 0) is 4.79 Å². The van der Waals surface area contributed by atoms with E-state index in [-0.39, 0.29) is 17.7 Å². The number of nitrogens with one attached hydrogen (secondary N) is 2. The molecule has 2 N–H and O–H groups in total. The first-order chi connectivity index (χ1) is 16.1. The van der Waals surface area contributed by atoms with Crippen molar-refractivity contribution in [2.75, 3.05) is 11.9 Å². The van der Waals surface area contributed by atoms with E-state index in [1.54, 1.807) is 6.20 Å². The molecule has 1 saturated carbocycles. The number of tetrazole rings is 1. The fourth-order valence-electron chi connectivity index (χ4n) is 4.10. The van der Waals surface area contributed by atoms with E-state index in [0.29, 0.717) is 24.0 Å². The van der Waals surface area contributed by atoms with Gasteiger partial charge in [-0.3, -0.25) is 4.79 Å². The first kappa shape index (κ1) is 20.8. The number of benzene rings is 2. The van der Waals surface area contributed by atoms with Gasteiger partial charge in [0.2, 0.25) is 11.8 Å². The highest BCUT2D eigenvalue weighted by atomic mass is 16.5. The van der Waals surface area contributed by atoms with Crippen molar-refractivity contribution in [2.45, 2.75) is 26.2 Å². The number of rotatable bonds is 7.